The summed E-state index contributed by atoms with van der Waals surface area (Å²) in [5, 5.41) is 9.28. The van der Waals surface area contributed by atoms with Gasteiger partial charge in [0.25, 0.3) is 0 Å². The second kappa shape index (κ2) is 5.09. The van der Waals surface area contributed by atoms with E-state index < -0.39 is 11.5 Å². The third kappa shape index (κ3) is 2.52. The Labute approximate surface area is 101 Å². The zero-order chi connectivity index (χ0) is 13.1. The van der Waals surface area contributed by atoms with E-state index in [1.807, 2.05) is 0 Å². The van der Waals surface area contributed by atoms with E-state index >= 15 is 0 Å². The third-order valence-corrected chi connectivity index (χ3v) is 3.24. The first-order chi connectivity index (χ1) is 7.93. The van der Waals surface area contributed by atoms with E-state index in [1.165, 1.54) is 9.80 Å². The minimum atomic E-state index is -1.11. The first-order valence-corrected chi connectivity index (χ1v) is 5.63. The number of terminal acetylenes is 1. The average Bonchev–Trinajstić information content (AvgIpc) is 2.29. The molecule has 1 rings (SSSR count). The molecule has 0 spiro atoms. The number of aliphatic carboxylic acids is 1. The minimum absolute atomic E-state index is 0.186. The Kier molecular flexibility index (Phi) is 4.00. The quantitative estimate of drug-likeness (QED) is 0.730. The van der Waals surface area contributed by atoms with Crippen LogP contribution in [0.5, 0.6) is 0 Å². The summed E-state index contributed by atoms with van der Waals surface area (Å²) in [6, 6.07) is -0.312. The van der Waals surface area contributed by atoms with Crippen molar-refractivity contribution in [2.24, 2.45) is 0 Å². The van der Waals surface area contributed by atoms with Crippen LogP contribution in [0.2, 0.25) is 0 Å². The lowest BCUT2D eigenvalue weighted by Crippen LogP contribution is -2.60. The second-order valence-corrected chi connectivity index (χ2v) is 4.53. The van der Waals surface area contributed by atoms with Crippen LogP contribution in [0, 0.1) is 12.3 Å². The molecule has 0 aromatic carbocycles. The maximum Gasteiger partial charge on any atom is 0.329 e. The fourth-order valence-corrected chi connectivity index (χ4v) is 2.06. The van der Waals surface area contributed by atoms with E-state index in [0.717, 1.165) is 12.8 Å². The molecule has 1 saturated heterocycles. The van der Waals surface area contributed by atoms with Gasteiger partial charge >= 0.3 is 12.0 Å². The molecule has 0 saturated carbocycles. The third-order valence-electron chi connectivity index (χ3n) is 3.24. The Morgan fingerprint density at radius 3 is 2.71 bits per heavy atom. The molecule has 0 aromatic heterocycles. The van der Waals surface area contributed by atoms with Gasteiger partial charge in [-0.15, -0.1) is 6.42 Å². The van der Waals surface area contributed by atoms with Gasteiger partial charge in [-0.1, -0.05) is 5.92 Å². The van der Waals surface area contributed by atoms with Crippen molar-refractivity contribution >= 4 is 12.0 Å². The summed E-state index contributed by atoms with van der Waals surface area (Å²) in [7, 11) is 1.58. The predicted octanol–water partition coefficient (Wildman–Crippen LogP) is 1.00. The van der Waals surface area contributed by atoms with Gasteiger partial charge in [0.05, 0.1) is 6.54 Å². The Bertz CT molecular complexity index is 361. The molecular weight excluding hydrogens is 220 g/mol. The van der Waals surface area contributed by atoms with Crippen LogP contribution in [0.3, 0.4) is 0 Å². The van der Waals surface area contributed by atoms with Gasteiger partial charge in [-0.2, -0.15) is 0 Å². The van der Waals surface area contributed by atoms with Crippen LogP contribution < -0.4 is 0 Å². The van der Waals surface area contributed by atoms with Crippen LogP contribution in [0.1, 0.15) is 26.2 Å². The molecule has 0 bridgehead atoms. The standard InChI is InChI=1S/C12H18N2O3/c1-4-8-13(3)11(17)14-9-6-5-7-12(14,2)10(15)16/h1H,5-9H2,2-3H3,(H,15,16). The number of carboxylic acids is 1. The maximum atomic E-state index is 12.1. The van der Waals surface area contributed by atoms with Crippen molar-refractivity contribution < 1.29 is 14.7 Å². The van der Waals surface area contributed by atoms with Crippen molar-refractivity contribution in [3.05, 3.63) is 0 Å². The zero-order valence-corrected chi connectivity index (χ0v) is 10.3. The molecule has 1 aliphatic heterocycles. The number of carbonyl (C=O) groups is 2. The first-order valence-electron chi connectivity index (χ1n) is 5.63. The van der Waals surface area contributed by atoms with Gasteiger partial charge in [0, 0.05) is 13.6 Å². The summed E-state index contributed by atoms with van der Waals surface area (Å²) < 4.78 is 0. The highest BCUT2D eigenvalue weighted by atomic mass is 16.4. The summed E-state index contributed by atoms with van der Waals surface area (Å²) in [6.07, 6.45) is 7.29. The molecule has 1 fully saturated rings. The van der Waals surface area contributed by atoms with Crippen LogP contribution in [0.4, 0.5) is 4.79 Å². The van der Waals surface area contributed by atoms with E-state index in [2.05, 4.69) is 5.92 Å². The Morgan fingerprint density at radius 1 is 1.53 bits per heavy atom. The van der Waals surface area contributed by atoms with Crippen LogP contribution >= 0.6 is 0 Å². The highest BCUT2D eigenvalue weighted by Crippen LogP contribution is 2.29. The van der Waals surface area contributed by atoms with Gasteiger partial charge in [0.1, 0.15) is 5.54 Å². The molecule has 1 atom stereocenters. The number of nitrogens with zero attached hydrogens (tertiary/aromatic N) is 2. The Morgan fingerprint density at radius 2 is 2.18 bits per heavy atom. The monoisotopic (exact) mass is 238 g/mol. The molecule has 0 radical (unpaired) electrons. The average molecular weight is 238 g/mol. The molecule has 0 aromatic rings. The number of urea groups is 1. The number of hydrogen-bond donors (Lipinski definition) is 1. The van der Waals surface area contributed by atoms with Crippen molar-refractivity contribution in [1.82, 2.24) is 9.80 Å². The SMILES string of the molecule is C#CCN(C)C(=O)N1CCCCC1(C)C(=O)O. The molecular formula is C12H18N2O3. The molecule has 0 aliphatic carbocycles. The molecule has 1 aliphatic rings. The van der Waals surface area contributed by atoms with Crippen molar-refractivity contribution in [1.29, 1.82) is 0 Å². The van der Waals surface area contributed by atoms with E-state index in [-0.39, 0.29) is 12.6 Å². The highest BCUT2D eigenvalue weighted by molar-refractivity contribution is 5.86. The van der Waals surface area contributed by atoms with Crippen LogP contribution in [-0.2, 0) is 4.79 Å². The maximum absolute atomic E-state index is 12.1. The van der Waals surface area contributed by atoms with Gasteiger partial charge in [-0.25, -0.2) is 9.59 Å². The van der Waals surface area contributed by atoms with Crippen molar-refractivity contribution in [3.8, 4) is 12.3 Å². The second-order valence-electron chi connectivity index (χ2n) is 4.53. The number of hydrogen-bond acceptors (Lipinski definition) is 2. The van der Waals surface area contributed by atoms with Gasteiger partial charge < -0.3 is 14.9 Å². The van der Waals surface area contributed by atoms with Gasteiger partial charge in [0.2, 0.25) is 0 Å². The van der Waals surface area contributed by atoms with E-state index in [0.29, 0.717) is 13.0 Å². The summed E-state index contributed by atoms with van der Waals surface area (Å²) in [6.45, 7) is 2.25. The normalized spacial score (nSPS) is 23.9. The molecule has 5 heteroatoms. The molecule has 1 N–H and O–H groups in total. The van der Waals surface area contributed by atoms with Gasteiger partial charge in [-0.3, -0.25) is 0 Å². The predicted molar refractivity (Wildman–Crippen MR) is 63.5 cm³/mol. The first kappa shape index (κ1) is 13.4. The lowest BCUT2D eigenvalue weighted by atomic mass is 9.89. The summed E-state index contributed by atoms with van der Waals surface area (Å²) in [4.78, 5) is 26.2. The van der Waals surface area contributed by atoms with E-state index in [4.69, 9.17) is 6.42 Å². The largest absolute Gasteiger partial charge is 0.480 e. The lowest BCUT2D eigenvalue weighted by Gasteiger charge is -2.42. The molecule has 17 heavy (non-hydrogen) atoms. The highest BCUT2D eigenvalue weighted by Gasteiger charge is 2.44. The minimum Gasteiger partial charge on any atom is -0.480 e. The summed E-state index contributed by atoms with van der Waals surface area (Å²) in [5.41, 5.74) is -1.11. The topological polar surface area (TPSA) is 60.9 Å². The summed E-state index contributed by atoms with van der Waals surface area (Å²) >= 11 is 0. The number of carboxylic acid groups (broad SMARTS) is 1. The van der Waals surface area contributed by atoms with Gasteiger partial charge in [-0.05, 0) is 26.2 Å². The number of rotatable bonds is 2. The zero-order valence-electron chi connectivity index (χ0n) is 10.3. The van der Waals surface area contributed by atoms with Crippen molar-refractivity contribution in [3.63, 3.8) is 0 Å². The number of likely N-dealkylation sites (tertiary alicyclic amines) is 1. The Hall–Kier alpha value is -1.70. The lowest BCUT2D eigenvalue weighted by molar-refractivity contribution is -0.150. The van der Waals surface area contributed by atoms with E-state index in [1.54, 1.807) is 14.0 Å². The molecule has 5 nitrogen and oxygen atoms in total. The number of amides is 2. The van der Waals surface area contributed by atoms with Crippen molar-refractivity contribution in [2.75, 3.05) is 20.1 Å². The summed E-state index contributed by atoms with van der Waals surface area (Å²) in [5.74, 6) is 1.42. The molecule has 1 unspecified atom stereocenters. The fraction of sp³-hybridized carbons (Fsp3) is 0.667. The van der Waals surface area contributed by atoms with Crippen LogP contribution in [-0.4, -0.2) is 52.6 Å². The van der Waals surface area contributed by atoms with Gasteiger partial charge in [0.15, 0.2) is 0 Å². The number of piperidine rings is 1. The smallest absolute Gasteiger partial charge is 0.329 e. The Balaban J connectivity index is 2.89. The molecule has 2 amide bonds. The van der Waals surface area contributed by atoms with Crippen LogP contribution in [0.15, 0.2) is 0 Å². The number of carbonyl (C=O) groups excluding carboxylic acids is 1. The molecule has 1 heterocycles. The van der Waals surface area contributed by atoms with Crippen LogP contribution in [0.25, 0.3) is 0 Å². The fourth-order valence-electron chi connectivity index (χ4n) is 2.06. The van der Waals surface area contributed by atoms with E-state index in [9.17, 15) is 14.7 Å². The molecule has 94 valence electrons. The van der Waals surface area contributed by atoms with Crippen molar-refractivity contribution in [2.45, 2.75) is 31.7 Å².